The van der Waals surface area contributed by atoms with Gasteiger partial charge in [0.1, 0.15) is 0 Å². The minimum atomic E-state index is -0.647. The number of aliphatic hydroxyl groups is 1. The van der Waals surface area contributed by atoms with Crippen molar-refractivity contribution in [3.05, 3.63) is 11.7 Å². The SMILES string of the molecule is CCCc1noc(CC2(O)CCC(C)(C)CC2)n1. The van der Waals surface area contributed by atoms with E-state index < -0.39 is 5.60 Å². The van der Waals surface area contributed by atoms with Crippen LogP contribution in [0.5, 0.6) is 0 Å². The van der Waals surface area contributed by atoms with Crippen LogP contribution in [0.2, 0.25) is 0 Å². The van der Waals surface area contributed by atoms with Gasteiger partial charge in [-0.1, -0.05) is 25.9 Å². The number of hydrogen-bond donors (Lipinski definition) is 1. The summed E-state index contributed by atoms with van der Waals surface area (Å²) >= 11 is 0. The monoisotopic (exact) mass is 252 g/mol. The molecule has 0 unspecified atom stereocenters. The summed E-state index contributed by atoms with van der Waals surface area (Å²) in [5.74, 6) is 1.34. The lowest BCUT2D eigenvalue weighted by Gasteiger charge is -2.39. The Balaban J connectivity index is 1.95. The van der Waals surface area contributed by atoms with Gasteiger partial charge in [-0.25, -0.2) is 0 Å². The number of aryl methyl sites for hydroxylation is 1. The molecule has 1 aliphatic carbocycles. The highest BCUT2D eigenvalue weighted by atomic mass is 16.5. The van der Waals surface area contributed by atoms with Crippen LogP contribution in [0.1, 0.15) is 64.6 Å². The van der Waals surface area contributed by atoms with Crippen molar-refractivity contribution >= 4 is 0 Å². The summed E-state index contributed by atoms with van der Waals surface area (Å²) < 4.78 is 5.22. The number of hydrogen-bond acceptors (Lipinski definition) is 4. The zero-order chi connectivity index (χ0) is 13.2. The molecule has 0 aliphatic heterocycles. The second kappa shape index (κ2) is 5.00. The zero-order valence-corrected chi connectivity index (χ0v) is 11.7. The van der Waals surface area contributed by atoms with Crippen molar-refractivity contribution in [2.45, 2.75) is 71.3 Å². The largest absolute Gasteiger partial charge is 0.389 e. The van der Waals surface area contributed by atoms with Gasteiger partial charge >= 0.3 is 0 Å². The van der Waals surface area contributed by atoms with E-state index in [4.69, 9.17) is 4.52 Å². The smallest absolute Gasteiger partial charge is 0.229 e. The number of nitrogens with zero attached hydrogens (tertiary/aromatic N) is 2. The second-order valence-electron chi connectivity index (χ2n) is 6.42. The molecular formula is C14H24N2O2. The van der Waals surface area contributed by atoms with Crippen LogP contribution in [-0.4, -0.2) is 20.8 Å². The fraction of sp³-hybridized carbons (Fsp3) is 0.857. The summed E-state index contributed by atoms with van der Waals surface area (Å²) in [6.07, 6.45) is 6.11. The van der Waals surface area contributed by atoms with Crippen LogP contribution in [0.25, 0.3) is 0 Å². The Morgan fingerprint density at radius 3 is 2.50 bits per heavy atom. The van der Waals surface area contributed by atoms with Crippen LogP contribution >= 0.6 is 0 Å². The van der Waals surface area contributed by atoms with Crippen molar-refractivity contribution in [1.82, 2.24) is 10.1 Å². The van der Waals surface area contributed by atoms with Gasteiger partial charge in [-0.15, -0.1) is 0 Å². The molecule has 1 aromatic heterocycles. The van der Waals surface area contributed by atoms with E-state index in [9.17, 15) is 5.11 Å². The highest BCUT2D eigenvalue weighted by Crippen LogP contribution is 2.41. The Morgan fingerprint density at radius 2 is 1.89 bits per heavy atom. The van der Waals surface area contributed by atoms with Gasteiger partial charge in [-0.2, -0.15) is 4.98 Å². The van der Waals surface area contributed by atoms with E-state index >= 15 is 0 Å². The van der Waals surface area contributed by atoms with Gasteiger partial charge < -0.3 is 9.63 Å². The topological polar surface area (TPSA) is 59.2 Å². The molecule has 1 aliphatic rings. The first-order valence-electron chi connectivity index (χ1n) is 6.96. The third kappa shape index (κ3) is 3.31. The van der Waals surface area contributed by atoms with E-state index in [2.05, 4.69) is 30.9 Å². The molecule has 0 aromatic carbocycles. The number of rotatable bonds is 4. The highest BCUT2D eigenvalue weighted by molar-refractivity contribution is 4.97. The maximum Gasteiger partial charge on any atom is 0.229 e. The molecule has 1 fully saturated rings. The first-order chi connectivity index (χ1) is 8.42. The van der Waals surface area contributed by atoms with Crippen LogP contribution in [-0.2, 0) is 12.8 Å². The molecule has 1 heterocycles. The lowest BCUT2D eigenvalue weighted by Crippen LogP contribution is -2.38. The van der Waals surface area contributed by atoms with Crippen LogP contribution in [0.4, 0.5) is 0 Å². The molecule has 0 radical (unpaired) electrons. The molecule has 102 valence electrons. The van der Waals surface area contributed by atoms with E-state index in [-0.39, 0.29) is 0 Å². The van der Waals surface area contributed by atoms with Crippen LogP contribution in [0.15, 0.2) is 4.52 Å². The molecule has 0 amide bonds. The first kappa shape index (κ1) is 13.5. The van der Waals surface area contributed by atoms with E-state index in [1.807, 2.05) is 0 Å². The van der Waals surface area contributed by atoms with Crippen molar-refractivity contribution in [1.29, 1.82) is 0 Å². The minimum Gasteiger partial charge on any atom is -0.389 e. The van der Waals surface area contributed by atoms with Crippen LogP contribution < -0.4 is 0 Å². The summed E-state index contributed by atoms with van der Waals surface area (Å²) in [5.41, 5.74) is -0.292. The molecule has 4 heteroatoms. The predicted molar refractivity (Wildman–Crippen MR) is 69.2 cm³/mol. The third-order valence-electron chi connectivity index (χ3n) is 4.00. The van der Waals surface area contributed by atoms with Gasteiger partial charge in [0.15, 0.2) is 5.82 Å². The Morgan fingerprint density at radius 1 is 1.22 bits per heavy atom. The summed E-state index contributed by atoms with van der Waals surface area (Å²) in [4.78, 5) is 4.34. The molecule has 4 nitrogen and oxygen atoms in total. The van der Waals surface area contributed by atoms with E-state index in [1.54, 1.807) is 0 Å². The zero-order valence-electron chi connectivity index (χ0n) is 11.7. The lowest BCUT2D eigenvalue weighted by atomic mass is 9.70. The summed E-state index contributed by atoms with van der Waals surface area (Å²) in [6, 6.07) is 0. The second-order valence-corrected chi connectivity index (χ2v) is 6.42. The summed E-state index contributed by atoms with van der Waals surface area (Å²) in [6.45, 7) is 6.62. The van der Waals surface area contributed by atoms with Crippen molar-refractivity contribution in [3.63, 3.8) is 0 Å². The fourth-order valence-corrected chi connectivity index (χ4v) is 2.54. The van der Waals surface area contributed by atoms with Gasteiger partial charge in [0, 0.05) is 6.42 Å². The normalized spacial score (nSPS) is 22.0. The molecule has 18 heavy (non-hydrogen) atoms. The average molecular weight is 252 g/mol. The molecule has 1 saturated carbocycles. The molecule has 0 saturated heterocycles. The van der Waals surface area contributed by atoms with Crippen LogP contribution in [0, 0.1) is 5.41 Å². The predicted octanol–water partition coefficient (Wildman–Crippen LogP) is 2.90. The summed E-state index contributed by atoms with van der Waals surface area (Å²) in [5, 5.41) is 14.5. The third-order valence-corrected chi connectivity index (χ3v) is 4.00. The fourth-order valence-electron chi connectivity index (χ4n) is 2.54. The lowest BCUT2D eigenvalue weighted by molar-refractivity contribution is -0.0301. The Kier molecular flexibility index (Phi) is 3.76. The van der Waals surface area contributed by atoms with Gasteiger partial charge in [-0.3, -0.25) is 0 Å². The Labute approximate surface area is 109 Å². The van der Waals surface area contributed by atoms with Crippen molar-refractivity contribution in [2.24, 2.45) is 5.41 Å². The minimum absolute atomic E-state index is 0.356. The maximum absolute atomic E-state index is 10.6. The van der Waals surface area contributed by atoms with Crippen LogP contribution in [0.3, 0.4) is 0 Å². The van der Waals surface area contributed by atoms with E-state index in [1.165, 1.54) is 0 Å². The summed E-state index contributed by atoms with van der Waals surface area (Å²) in [7, 11) is 0. The molecular weight excluding hydrogens is 228 g/mol. The van der Waals surface area contributed by atoms with Crippen molar-refractivity contribution < 1.29 is 9.63 Å². The van der Waals surface area contributed by atoms with Crippen molar-refractivity contribution in [2.75, 3.05) is 0 Å². The van der Waals surface area contributed by atoms with Gasteiger partial charge in [0.05, 0.1) is 12.0 Å². The first-order valence-corrected chi connectivity index (χ1v) is 6.96. The standard InChI is InChI=1S/C14H24N2O2/c1-4-5-11-15-12(18-16-11)10-14(17)8-6-13(2,3)7-9-14/h17H,4-10H2,1-3H3. The molecule has 0 spiro atoms. The molecule has 1 N–H and O–H groups in total. The molecule has 0 atom stereocenters. The van der Waals surface area contributed by atoms with Gasteiger partial charge in [0.2, 0.25) is 5.89 Å². The van der Waals surface area contributed by atoms with Gasteiger partial charge in [0.25, 0.3) is 0 Å². The maximum atomic E-state index is 10.6. The Hall–Kier alpha value is -0.900. The molecule has 1 aromatic rings. The van der Waals surface area contributed by atoms with Gasteiger partial charge in [-0.05, 0) is 37.5 Å². The highest BCUT2D eigenvalue weighted by Gasteiger charge is 2.37. The quantitative estimate of drug-likeness (QED) is 0.895. The van der Waals surface area contributed by atoms with E-state index in [0.717, 1.165) is 44.3 Å². The Bertz CT molecular complexity index is 388. The van der Waals surface area contributed by atoms with Crippen molar-refractivity contribution in [3.8, 4) is 0 Å². The molecule has 2 rings (SSSR count). The number of aromatic nitrogens is 2. The molecule has 0 bridgehead atoms. The van der Waals surface area contributed by atoms with E-state index in [0.29, 0.717) is 17.7 Å². The average Bonchev–Trinajstić information content (AvgIpc) is 2.72.